The zero-order valence-corrected chi connectivity index (χ0v) is 16.0. The van der Waals surface area contributed by atoms with Crippen molar-refractivity contribution in [2.24, 2.45) is 0 Å². The third-order valence-electron chi connectivity index (χ3n) is 4.75. The molecule has 28 heavy (non-hydrogen) atoms. The largest absolute Gasteiger partial charge is 0.493 e. The molecule has 1 aliphatic heterocycles. The van der Waals surface area contributed by atoms with Crippen LogP contribution in [0, 0.1) is 5.82 Å². The molecule has 1 amide bonds. The van der Waals surface area contributed by atoms with Gasteiger partial charge < -0.3 is 19.3 Å². The molecule has 0 aromatic heterocycles. The summed E-state index contributed by atoms with van der Waals surface area (Å²) in [5.41, 5.74) is 1.47. The Labute approximate surface area is 163 Å². The highest BCUT2D eigenvalue weighted by atomic mass is 19.1. The van der Waals surface area contributed by atoms with Crippen molar-refractivity contribution in [1.29, 1.82) is 0 Å². The van der Waals surface area contributed by atoms with Gasteiger partial charge in [0.1, 0.15) is 5.82 Å². The predicted octanol–water partition coefficient (Wildman–Crippen LogP) is 2.76. The van der Waals surface area contributed by atoms with Gasteiger partial charge in [-0.2, -0.15) is 0 Å². The van der Waals surface area contributed by atoms with E-state index in [0.717, 1.165) is 5.69 Å². The average molecular weight is 386 g/mol. The molecule has 148 valence electrons. The number of hydrogen-bond donors (Lipinski definition) is 0. The van der Waals surface area contributed by atoms with E-state index in [-0.39, 0.29) is 24.1 Å². The Morgan fingerprint density at radius 3 is 2.29 bits per heavy atom. The van der Waals surface area contributed by atoms with Gasteiger partial charge in [0.15, 0.2) is 23.9 Å². The summed E-state index contributed by atoms with van der Waals surface area (Å²) in [4.78, 5) is 27.8. The highest BCUT2D eigenvalue weighted by molar-refractivity contribution is 5.94. The number of methoxy groups -OCH3 is 1. The lowest BCUT2D eigenvalue weighted by Gasteiger charge is -2.36. The monoisotopic (exact) mass is 386 g/mol. The van der Waals surface area contributed by atoms with E-state index in [1.807, 2.05) is 0 Å². The Hall–Kier alpha value is -3.09. The van der Waals surface area contributed by atoms with Gasteiger partial charge in [-0.15, -0.1) is 0 Å². The lowest BCUT2D eigenvalue weighted by molar-refractivity contribution is -0.133. The molecule has 1 aliphatic rings. The number of hydrogen-bond acceptors (Lipinski definition) is 5. The van der Waals surface area contributed by atoms with Crippen LogP contribution in [0.25, 0.3) is 0 Å². The molecule has 0 aliphatic carbocycles. The van der Waals surface area contributed by atoms with Crippen LogP contribution in [0.15, 0.2) is 42.5 Å². The van der Waals surface area contributed by atoms with Gasteiger partial charge in [0, 0.05) is 37.4 Å². The second-order valence-corrected chi connectivity index (χ2v) is 6.55. The van der Waals surface area contributed by atoms with Crippen LogP contribution in [-0.2, 0) is 4.79 Å². The molecule has 1 heterocycles. The van der Waals surface area contributed by atoms with Crippen LogP contribution >= 0.6 is 0 Å². The maximum Gasteiger partial charge on any atom is 0.260 e. The van der Waals surface area contributed by atoms with Crippen LogP contribution < -0.4 is 14.4 Å². The first-order valence-corrected chi connectivity index (χ1v) is 9.08. The van der Waals surface area contributed by atoms with Gasteiger partial charge in [-0.1, -0.05) is 0 Å². The molecule has 2 aromatic rings. The number of ketones is 1. The molecule has 1 saturated heterocycles. The Morgan fingerprint density at radius 2 is 1.68 bits per heavy atom. The van der Waals surface area contributed by atoms with E-state index in [4.69, 9.17) is 9.47 Å². The van der Waals surface area contributed by atoms with Gasteiger partial charge in [0.2, 0.25) is 0 Å². The lowest BCUT2D eigenvalue weighted by Crippen LogP contribution is -2.50. The summed E-state index contributed by atoms with van der Waals surface area (Å²) in [6.45, 7) is 3.86. The van der Waals surface area contributed by atoms with Crippen LogP contribution in [0.4, 0.5) is 10.1 Å². The van der Waals surface area contributed by atoms with Gasteiger partial charge in [-0.05, 0) is 49.4 Å². The second-order valence-electron chi connectivity index (χ2n) is 6.55. The summed E-state index contributed by atoms with van der Waals surface area (Å²) < 4.78 is 23.9. The van der Waals surface area contributed by atoms with Crippen molar-refractivity contribution in [3.8, 4) is 11.5 Å². The normalized spacial score (nSPS) is 14.0. The number of carbonyl (C=O) groups is 2. The first-order valence-electron chi connectivity index (χ1n) is 9.08. The summed E-state index contributed by atoms with van der Waals surface area (Å²) in [6, 6.07) is 11.2. The Morgan fingerprint density at radius 1 is 1.00 bits per heavy atom. The molecule has 1 fully saturated rings. The minimum Gasteiger partial charge on any atom is -0.493 e. The Kier molecular flexibility index (Phi) is 6.13. The standard InChI is InChI=1S/C21H23FN2O4/c1-15(25)16-3-8-19(20(13-16)27-2)28-14-21(26)24-11-9-23(10-12-24)18-6-4-17(22)5-7-18/h3-8,13H,9-12,14H2,1-2H3. The lowest BCUT2D eigenvalue weighted by atomic mass is 10.1. The topological polar surface area (TPSA) is 59.1 Å². The highest BCUT2D eigenvalue weighted by Crippen LogP contribution is 2.28. The quantitative estimate of drug-likeness (QED) is 0.715. The van der Waals surface area contributed by atoms with E-state index in [1.165, 1.54) is 26.2 Å². The fraction of sp³-hybridized carbons (Fsp3) is 0.333. The van der Waals surface area contributed by atoms with Crippen LogP contribution in [0.1, 0.15) is 17.3 Å². The second kappa shape index (κ2) is 8.73. The Balaban J connectivity index is 1.53. The molecule has 2 aromatic carbocycles. The van der Waals surface area contributed by atoms with Crippen LogP contribution in [-0.4, -0.2) is 56.5 Å². The molecule has 0 unspecified atom stereocenters. The summed E-state index contributed by atoms with van der Waals surface area (Å²) in [7, 11) is 1.49. The van der Waals surface area contributed by atoms with Gasteiger partial charge in [-0.25, -0.2) is 4.39 Å². The van der Waals surface area contributed by atoms with E-state index < -0.39 is 0 Å². The van der Waals surface area contributed by atoms with Crippen LogP contribution in [0.5, 0.6) is 11.5 Å². The number of nitrogens with zero attached hydrogens (tertiary/aromatic N) is 2. The number of Topliss-reactive ketones (excluding diaryl/α,β-unsaturated/α-hetero) is 1. The molecular weight excluding hydrogens is 363 g/mol. The van der Waals surface area contributed by atoms with E-state index >= 15 is 0 Å². The SMILES string of the molecule is COc1cc(C(C)=O)ccc1OCC(=O)N1CCN(c2ccc(F)cc2)CC1. The molecule has 6 nitrogen and oxygen atoms in total. The molecule has 0 radical (unpaired) electrons. The molecular formula is C21H23FN2O4. The first-order chi connectivity index (χ1) is 13.5. The van der Waals surface area contributed by atoms with Gasteiger partial charge >= 0.3 is 0 Å². The number of piperazine rings is 1. The van der Waals surface area contributed by atoms with E-state index in [0.29, 0.717) is 43.2 Å². The highest BCUT2D eigenvalue weighted by Gasteiger charge is 2.22. The number of rotatable bonds is 6. The molecule has 0 spiro atoms. The molecule has 0 saturated carbocycles. The zero-order valence-electron chi connectivity index (χ0n) is 16.0. The van der Waals surface area contributed by atoms with Crippen molar-refractivity contribution in [3.05, 3.63) is 53.8 Å². The van der Waals surface area contributed by atoms with Crippen LogP contribution in [0.2, 0.25) is 0 Å². The van der Waals surface area contributed by atoms with Crippen LogP contribution in [0.3, 0.4) is 0 Å². The molecule has 3 rings (SSSR count). The number of benzene rings is 2. The fourth-order valence-corrected chi connectivity index (χ4v) is 3.10. The number of ether oxygens (including phenoxy) is 2. The third-order valence-corrected chi connectivity index (χ3v) is 4.75. The summed E-state index contributed by atoms with van der Waals surface area (Å²) in [5, 5.41) is 0. The summed E-state index contributed by atoms with van der Waals surface area (Å²) >= 11 is 0. The number of anilines is 1. The Bertz CT molecular complexity index is 846. The van der Waals surface area contributed by atoms with Crippen molar-refractivity contribution in [2.45, 2.75) is 6.92 Å². The minimum atomic E-state index is -0.263. The van der Waals surface area contributed by atoms with Gasteiger partial charge in [-0.3, -0.25) is 9.59 Å². The van der Waals surface area contributed by atoms with E-state index in [2.05, 4.69) is 4.90 Å². The van der Waals surface area contributed by atoms with Crippen molar-refractivity contribution < 1.29 is 23.5 Å². The summed E-state index contributed by atoms with van der Waals surface area (Å²) in [5.74, 6) is 0.394. The van der Waals surface area contributed by atoms with Crippen molar-refractivity contribution in [2.75, 3.05) is 44.8 Å². The van der Waals surface area contributed by atoms with Gasteiger partial charge in [0.25, 0.3) is 5.91 Å². The number of carbonyl (C=O) groups excluding carboxylic acids is 2. The van der Waals surface area contributed by atoms with Crippen molar-refractivity contribution >= 4 is 17.4 Å². The number of halogens is 1. The minimum absolute atomic E-state index is 0.0695. The fourth-order valence-electron chi connectivity index (χ4n) is 3.10. The molecule has 7 heteroatoms. The third kappa shape index (κ3) is 4.60. The van der Waals surface area contributed by atoms with Crippen molar-refractivity contribution in [3.63, 3.8) is 0 Å². The number of amides is 1. The average Bonchev–Trinajstić information content (AvgIpc) is 2.72. The predicted molar refractivity (Wildman–Crippen MR) is 104 cm³/mol. The molecule has 0 N–H and O–H groups in total. The van der Waals surface area contributed by atoms with E-state index in [1.54, 1.807) is 35.2 Å². The summed E-state index contributed by atoms with van der Waals surface area (Å²) in [6.07, 6.45) is 0. The zero-order chi connectivity index (χ0) is 20.1. The smallest absolute Gasteiger partial charge is 0.260 e. The maximum atomic E-state index is 13.1. The molecule has 0 atom stereocenters. The van der Waals surface area contributed by atoms with Gasteiger partial charge in [0.05, 0.1) is 7.11 Å². The van der Waals surface area contributed by atoms with E-state index in [9.17, 15) is 14.0 Å². The maximum absolute atomic E-state index is 13.1. The first kappa shape index (κ1) is 19.7. The van der Waals surface area contributed by atoms with Crippen molar-refractivity contribution in [1.82, 2.24) is 4.90 Å². The molecule has 0 bridgehead atoms.